The van der Waals surface area contributed by atoms with E-state index in [4.69, 9.17) is 26.9 Å². The average molecular weight is 304 g/mol. The van der Waals surface area contributed by atoms with Crippen molar-refractivity contribution < 1.29 is 14.6 Å². The van der Waals surface area contributed by atoms with E-state index in [0.29, 0.717) is 11.0 Å². The lowest BCUT2D eigenvalue weighted by Crippen LogP contribution is -1.97. The van der Waals surface area contributed by atoms with Gasteiger partial charge in [-0.15, -0.1) is 0 Å². The summed E-state index contributed by atoms with van der Waals surface area (Å²) in [5, 5.41) is 7.42. The van der Waals surface area contributed by atoms with Gasteiger partial charge in [0.2, 0.25) is 4.38 Å². The fraction of sp³-hybridized carbons (Fsp3) is 0.571. The SMILES string of the molecule is CC.CC(=O)O.CCOC(=S)SC1=CC=C(C)CC1. The standard InChI is InChI=1S/C10H14OS2.C2H4O2.C2H6/c1-3-11-10(12)13-9-6-4-8(2)5-7-9;1-2(3)4;1-2/h4,6H,3,5,7H2,1-2H3;1H3,(H,3,4);1-2H3. The number of aliphatic carboxylic acids is 1. The normalized spacial score (nSPS) is 12.7. The molecule has 0 amide bonds. The van der Waals surface area contributed by atoms with E-state index in [2.05, 4.69) is 19.1 Å². The quantitative estimate of drug-likeness (QED) is 0.744. The molecular formula is C14H24O3S2. The van der Waals surface area contributed by atoms with Gasteiger partial charge in [-0.3, -0.25) is 4.79 Å². The lowest BCUT2D eigenvalue weighted by molar-refractivity contribution is -0.134. The Balaban J connectivity index is 0. The number of ether oxygens (including phenoxy) is 1. The largest absolute Gasteiger partial charge is 0.481 e. The van der Waals surface area contributed by atoms with Crippen LogP contribution in [0, 0.1) is 0 Å². The fourth-order valence-electron chi connectivity index (χ4n) is 1.06. The monoisotopic (exact) mass is 304 g/mol. The van der Waals surface area contributed by atoms with Crippen molar-refractivity contribution in [3.63, 3.8) is 0 Å². The molecule has 110 valence electrons. The molecule has 1 rings (SSSR count). The van der Waals surface area contributed by atoms with Gasteiger partial charge < -0.3 is 9.84 Å². The van der Waals surface area contributed by atoms with Crippen LogP contribution < -0.4 is 0 Å². The van der Waals surface area contributed by atoms with E-state index in [1.165, 1.54) is 10.5 Å². The van der Waals surface area contributed by atoms with E-state index in [9.17, 15) is 0 Å². The van der Waals surface area contributed by atoms with Gasteiger partial charge in [-0.1, -0.05) is 31.6 Å². The van der Waals surface area contributed by atoms with Crippen molar-refractivity contribution in [2.45, 2.75) is 47.5 Å². The van der Waals surface area contributed by atoms with Crippen LogP contribution in [0.25, 0.3) is 0 Å². The van der Waals surface area contributed by atoms with Crippen molar-refractivity contribution in [1.82, 2.24) is 0 Å². The molecule has 1 aliphatic rings. The Bertz CT molecular complexity index is 330. The number of allylic oxidation sites excluding steroid dienone is 4. The number of thioether (sulfide) groups is 1. The minimum atomic E-state index is -0.833. The van der Waals surface area contributed by atoms with Gasteiger partial charge in [0, 0.05) is 6.92 Å². The molecular weight excluding hydrogens is 280 g/mol. The zero-order valence-electron chi connectivity index (χ0n) is 12.4. The number of carbonyl (C=O) groups is 1. The smallest absolute Gasteiger partial charge is 0.300 e. The Morgan fingerprint density at radius 1 is 1.42 bits per heavy atom. The second-order valence-electron chi connectivity index (χ2n) is 3.45. The highest BCUT2D eigenvalue weighted by atomic mass is 32.2. The van der Waals surface area contributed by atoms with E-state index < -0.39 is 5.97 Å². The van der Waals surface area contributed by atoms with Crippen LogP contribution in [0.15, 0.2) is 22.6 Å². The molecule has 0 atom stereocenters. The highest BCUT2D eigenvalue weighted by Gasteiger charge is 2.07. The summed E-state index contributed by atoms with van der Waals surface area (Å²) in [6.45, 7) is 9.85. The van der Waals surface area contributed by atoms with Gasteiger partial charge in [0.15, 0.2) is 0 Å². The summed E-state index contributed by atoms with van der Waals surface area (Å²) >= 11 is 6.62. The molecule has 1 N–H and O–H groups in total. The molecule has 0 unspecified atom stereocenters. The third-order valence-electron chi connectivity index (χ3n) is 1.80. The van der Waals surface area contributed by atoms with Crippen LogP contribution in [0.3, 0.4) is 0 Å². The highest BCUT2D eigenvalue weighted by Crippen LogP contribution is 2.28. The molecule has 0 saturated heterocycles. The number of hydrogen-bond acceptors (Lipinski definition) is 4. The first-order chi connectivity index (χ1) is 8.95. The van der Waals surface area contributed by atoms with Crippen molar-refractivity contribution in [3.05, 3.63) is 22.6 Å². The van der Waals surface area contributed by atoms with Gasteiger partial charge in [-0.05, 0) is 55.6 Å². The summed E-state index contributed by atoms with van der Waals surface area (Å²) in [4.78, 5) is 10.3. The summed E-state index contributed by atoms with van der Waals surface area (Å²) < 4.78 is 5.84. The van der Waals surface area contributed by atoms with Crippen LogP contribution in [-0.4, -0.2) is 22.1 Å². The Labute approximate surface area is 126 Å². The first-order valence-corrected chi connectivity index (χ1v) is 7.58. The maximum atomic E-state index is 9.00. The van der Waals surface area contributed by atoms with Gasteiger partial charge in [0.05, 0.1) is 6.61 Å². The number of thiocarbonyl (C=S) groups is 1. The van der Waals surface area contributed by atoms with Gasteiger partial charge in [0.25, 0.3) is 5.97 Å². The number of carboxylic acid groups (broad SMARTS) is 1. The summed E-state index contributed by atoms with van der Waals surface area (Å²) in [5.41, 5.74) is 1.44. The molecule has 1 aliphatic carbocycles. The van der Waals surface area contributed by atoms with E-state index >= 15 is 0 Å². The zero-order valence-corrected chi connectivity index (χ0v) is 14.0. The second-order valence-corrected chi connectivity index (χ2v) is 5.18. The van der Waals surface area contributed by atoms with Crippen LogP contribution >= 0.6 is 24.0 Å². The van der Waals surface area contributed by atoms with Crippen LogP contribution in [0.2, 0.25) is 0 Å². The Kier molecular flexibility index (Phi) is 14.7. The summed E-state index contributed by atoms with van der Waals surface area (Å²) in [5.74, 6) is -0.833. The highest BCUT2D eigenvalue weighted by molar-refractivity contribution is 8.25. The molecule has 5 heteroatoms. The molecule has 0 fully saturated rings. The molecule has 0 bridgehead atoms. The van der Waals surface area contributed by atoms with Crippen molar-refractivity contribution >= 4 is 34.3 Å². The minimum absolute atomic E-state index is 0.640. The molecule has 0 aromatic rings. The van der Waals surface area contributed by atoms with Gasteiger partial charge >= 0.3 is 0 Å². The molecule has 19 heavy (non-hydrogen) atoms. The van der Waals surface area contributed by atoms with E-state index in [0.717, 1.165) is 19.8 Å². The minimum Gasteiger partial charge on any atom is -0.481 e. The third-order valence-corrected chi connectivity index (χ3v) is 3.05. The van der Waals surface area contributed by atoms with E-state index in [-0.39, 0.29) is 0 Å². The Morgan fingerprint density at radius 2 is 1.95 bits per heavy atom. The predicted molar refractivity (Wildman–Crippen MR) is 87.5 cm³/mol. The van der Waals surface area contributed by atoms with Crippen LogP contribution in [0.4, 0.5) is 0 Å². The molecule has 0 spiro atoms. The van der Waals surface area contributed by atoms with Crippen molar-refractivity contribution in [2.24, 2.45) is 0 Å². The predicted octanol–water partition coefficient (Wildman–Crippen LogP) is 4.78. The van der Waals surface area contributed by atoms with Crippen LogP contribution in [-0.2, 0) is 9.53 Å². The van der Waals surface area contributed by atoms with Crippen molar-refractivity contribution in [1.29, 1.82) is 0 Å². The maximum absolute atomic E-state index is 9.00. The van der Waals surface area contributed by atoms with Crippen molar-refractivity contribution in [2.75, 3.05) is 6.61 Å². The number of carboxylic acids is 1. The molecule has 0 radical (unpaired) electrons. The van der Waals surface area contributed by atoms with E-state index in [1.807, 2.05) is 20.8 Å². The zero-order chi connectivity index (χ0) is 15.3. The second kappa shape index (κ2) is 13.6. The molecule has 0 aromatic heterocycles. The lowest BCUT2D eigenvalue weighted by Gasteiger charge is -2.11. The fourth-order valence-corrected chi connectivity index (χ4v) is 2.23. The molecule has 0 saturated carbocycles. The number of hydrogen-bond donors (Lipinski definition) is 1. The van der Waals surface area contributed by atoms with Gasteiger partial charge in [0.1, 0.15) is 0 Å². The van der Waals surface area contributed by atoms with Gasteiger partial charge in [-0.25, -0.2) is 0 Å². The molecule has 0 heterocycles. The summed E-state index contributed by atoms with van der Waals surface area (Å²) in [6, 6.07) is 0. The average Bonchev–Trinajstić information content (AvgIpc) is 2.34. The van der Waals surface area contributed by atoms with Crippen LogP contribution in [0.1, 0.15) is 47.5 Å². The van der Waals surface area contributed by atoms with Crippen molar-refractivity contribution in [3.8, 4) is 0 Å². The molecule has 0 aromatic carbocycles. The summed E-state index contributed by atoms with van der Waals surface area (Å²) in [6.07, 6.45) is 6.53. The lowest BCUT2D eigenvalue weighted by atomic mass is 10.1. The number of rotatable bonds is 2. The summed E-state index contributed by atoms with van der Waals surface area (Å²) in [7, 11) is 0. The first kappa shape index (κ1) is 20.5. The topological polar surface area (TPSA) is 46.5 Å². The molecule has 3 nitrogen and oxygen atoms in total. The van der Waals surface area contributed by atoms with Gasteiger partial charge in [-0.2, -0.15) is 0 Å². The molecule has 0 aliphatic heterocycles. The van der Waals surface area contributed by atoms with E-state index in [1.54, 1.807) is 11.8 Å². The maximum Gasteiger partial charge on any atom is 0.300 e. The Morgan fingerprint density at radius 3 is 2.32 bits per heavy atom. The van der Waals surface area contributed by atoms with Crippen LogP contribution in [0.5, 0.6) is 0 Å². The first-order valence-electron chi connectivity index (χ1n) is 6.36. The third kappa shape index (κ3) is 15.1. The Hall–Kier alpha value is -0.810.